The van der Waals surface area contributed by atoms with E-state index in [4.69, 9.17) is 15.9 Å². The smallest absolute Gasteiger partial charge is 0.407 e. The first-order valence-electron chi connectivity index (χ1n) is 7.81. The van der Waals surface area contributed by atoms with Gasteiger partial charge in [-0.2, -0.15) is 0 Å². The van der Waals surface area contributed by atoms with E-state index in [0.717, 1.165) is 16.9 Å². The molecule has 0 bridgehead atoms. The Hall–Kier alpha value is -2.39. The van der Waals surface area contributed by atoms with Crippen LogP contribution in [0, 0.1) is 12.3 Å². The third-order valence-electron chi connectivity index (χ3n) is 3.29. The third kappa shape index (κ3) is 5.67. The number of nitrogens with one attached hydrogen (secondary N) is 2. The number of hydrogen-bond acceptors (Lipinski definition) is 4. The number of aromatic amines is 1. The van der Waals surface area contributed by atoms with Crippen molar-refractivity contribution < 1.29 is 14.3 Å². The van der Waals surface area contributed by atoms with Gasteiger partial charge in [0.25, 0.3) is 0 Å². The van der Waals surface area contributed by atoms with Crippen molar-refractivity contribution >= 4 is 18.0 Å². The topological polar surface area (TPSA) is 66.6 Å². The van der Waals surface area contributed by atoms with E-state index in [1.807, 2.05) is 39.6 Å². The Morgan fingerprint density at radius 3 is 2.79 bits per heavy atom. The SMILES string of the molecule is C#Cc1c[nH]c(N(C)C(C)OCCNC(=O)OC(C)(C)C)c1C=C. The zero-order valence-corrected chi connectivity index (χ0v) is 15.1. The van der Waals surface area contributed by atoms with E-state index in [1.165, 1.54) is 0 Å². The molecule has 1 heterocycles. The summed E-state index contributed by atoms with van der Waals surface area (Å²) in [5, 5.41) is 2.65. The van der Waals surface area contributed by atoms with E-state index in [9.17, 15) is 4.79 Å². The molecule has 2 N–H and O–H groups in total. The van der Waals surface area contributed by atoms with Gasteiger partial charge in [-0.1, -0.05) is 18.6 Å². The number of alkyl carbamates (subject to hydrolysis) is 1. The second-order valence-corrected chi connectivity index (χ2v) is 6.32. The lowest BCUT2D eigenvalue weighted by Gasteiger charge is -2.26. The summed E-state index contributed by atoms with van der Waals surface area (Å²) in [4.78, 5) is 16.6. The van der Waals surface area contributed by atoms with Crippen LogP contribution in [0.1, 0.15) is 38.8 Å². The van der Waals surface area contributed by atoms with Gasteiger partial charge < -0.3 is 24.7 Å². The summed E-state index contributed by atoms with van der Waals surface area (Å²) < 4.78 is 10.9. The zero-order valence-electron chi connectivity index (χ0n) is 15.1. The molecule has 1 unspecified atom stereocenters. The molecule has 0 spiro atoms. The minimum atomic E-state index is -0.512. The Morgan fingerprint density at radius 2 is 2.25 bits per heavy atom. The Morgan fingerprint density at radius 1 is 1.58 bits per heavy atom. The summed E-state index contributed by atoms with van der Waals surface area (Å²) in [5.41, 5.74) is 1.11. The average Bonchev–Trinajstić information content (AvgIpc) is 2.91. The van der Waals surface area contributed by atoms with Crippen molar-refractivity contribution in [3.8, 4) is 12.3 Å². The summed E-state index contributed by atoms with van der Waals surface area (Å²) in [5.74, 6) is 3.45. The Bertz CT molecular complexity index is 608. The number of aromatic nitrogens is 1. The van der Waals surface area contributed by atoms with Crippen LogP contribution in [0.4, 0.5) is 10.6 Å². The highest BCUT2D eigenvalue weighted by Crippen LogP contribution is 2.24. The maximum absolute atomic E-state index is 11.5. The van der Waals surface area contributed by atoms with Gasteiger partial charge in [-0.15, -0.1) is 6.42 Å². The number of rotatable bonds is 7. The van der Waals surface area contributed by atoms with Crippen LogP contribution < -0.4 is 10.2 Å². The standard InChI is InChI=1S/C18H27N3O3/c1-8-14-12-20-16(15(14)9-2)21(7)13(3)23-11-10-19-17(22)24-18(4,5)6/h1,9,12-13,20H,2,10-11H2,3-7H3,(H,19,22). The number of carbonyl (C=O) groups excluding carboxylic acids is 1. The van der Waals surface area contributed by atoms with Gasteiger partial charge in [0.05, 0.1) is 12.2 Å². The van der Waals surface area contributed by atoms with Crippen molar-refractivity contribution in [3.63, 3.8) is 0 Å². The Labute approximate surface area is 144 Å². The second-order valence-electron chi connectivity index (χ2n) is 6.32. The molecule has 0 aliphatic rings. The van der Waals surface area contributed by atoms with Crippen LogP contribution in [0.15, 0.2) is 12.8 Å². The summed E-state index contributed by atoms with van der Waals surface area (Å²) in [7, 11) is 1.89. The van der Waals surface area contributed by atoms with E-state index >= 15 is 0 Å². The van der Waals surface area contributed by atoms with E-state index < -0.39 is 11.7 Å². The zero-order chi connectivity index (χ0) is 18.3. The van der Waals surface area contributed by atoms with Crippen molar-refractivity contribution in [1.82, 2.24) is 10.3 Å². The maximum Gasteiger partial charge on any atom is 0.407 e. The molecular formula is C18H27N3O3. The number of nitrogens with zero attached hydrogens (tertiary/aromatic N) is 1. The molecule has 0 fully saturated rings. The first-order valence-corrected chi connectivity index (χ1v) is 7.81. The van der Waals surface area contributed by atoms with E-state index in [2.05, 4.69) is 22.8 Å². The maximum atomic E-state index is 11.5. The van der Waals surface area contributed by atoms with Gasteiger partial charge >= 0.3 is 6.09 Å². The molecule has 1 rings (SSSR count). The van der Waals surface area contributed by atoms with Gasteiger partial charge in [-0.05, 0) is 27.7 Å². The second kappa shape index (κ2) is 8.46. The lowest BCUT2D eigenvalue weighted by Crippen LogP contribution is -2.37. The van der Waals surface area contributed by atoms with Crippen LogP contribution in [-0.4, -0.2) is 43.1 Å². The molecule has 24 heavy (non-hydrogen) atoms. The number of ether oxygens (including phenoxy) is 2. The van der Waals surface area contributed by atoms with Gasteiger partial charge in [0.1, 0.15) is 17.6 Å². The van der Waals surface area contributed by atoms with Crippen LogP contribution in [0.25, 0.3) is 6.08 Å². The highest BCUT2D eigenvalue weighted by atomic mass is 16.6. The minimum absolute atomic E-state index is 0.214. The van der Waals surface area contributed by atoms with Gasteiger partial charge in [-0.25, -0.2) is 4.79 Å². The molecule has 0 radical (unpaired) electrons. The summed E-state index contributed by atoms with van der Waals surface area (Å²) in [6, 6.07) is 0. The van der Waals surface area contributed by atoms with E-state index in [1.54, 1.807) is 12.3 Å². The lowest BCUT2D eigenvalue weighted by molar-refractivity contribution is 0.0435. The normalized spacial score (nSPS) is 12.2. The van der Waals surface area contributed by atoms with Crippen molar-refractivity contribution in [2.24, 2.45) is 0 Å². The van der Waals surface area contributed by atoms with Gasteiger partial charge in [0.15, 0.2) is 0 Å². The van der Waals surface area contributed by atoms with Crippen molar-refractivity contribution in [2.75, 3.05) is 25.1 Å². The van der Waals surface area contributed by atoms with Crippen LogP contribution >= 0.6 is 0 Å². The fourth-order valence-corrected chi connectivity index (χ4v) is 2.03. The predicted octanol–water partition coefficient (Wildman–Crippen LogP) is 2.96. The molecule has 1 atom stereocenters. The van der Waals surface area contributed by atoms with Gasteiger partial charge in [0.2, 0.25) is 0 Å². The molecule has 132 valence electrons. The summed E-state index contributed by atoms with van der Waals surface area (Å²) >= 11 is 0. The van der Waals surface area contributed by atoms with Crippen molar-refractivity contribution in [3.05, 3.63) is 23.9 Å². The van der Waals surface area contributed by atoms with Crippen molar-refractivity contribution in [1.29, 1.82) is 0 Å². The first kappa shape index (κ1) is 19.7. The molecule has 6 nitrogen and oxygen atoms in total. The molecule has 0 saturated carbocycles. The largest absolute Gasteiger partial charge is 0.444 e. The molecule has 1 aromatic rings. The van der Waals surface area contributed by atoms with E-state index in [0.29, 0.717) is 13.2 Å². The number of H-pyrrole nitrogens is 1. The highest BCUT2D eigenvalue weighted by Gasteiger charge is 2.18. The summed E-state index contributed by atoms with van der Waals surface area (Å²) in [6.45, 7) is 11.9. The number of anilines is 1. The fourth-order valence-electron chi connectivity index (χ4n) is 2.03. The monoisotopic (exact) mass is 333 g/mol. The molecule has 1 amide bonds. The molecular weight excluding hydrogens is 306 g/mol. The van der Waals surface area contributed by atoms with Gasteiger partial charge in [0, 0.05) is 25.4 Å². The molecule has 0 aliphatic heterocycles. The Kier molecular flexibility index (Phi) is 6.93. The van der Waals surface area contributed by atoms with Crippen LogP contribution in [0.5, 0.6) is 0 Å². The number of amides is 1. The van der Waals surface area contributed by atoms with Crippen molar-refractivity contribution in [2.45, 2.75) is 39.5 Å². The molecule has 0 aromatic carbocycles. The number of terminal acetylenes is 1. The van der Waals surface area contributed by atoms with Crippen LogP contribution in [-0.2, 0) is 9.47 Å². The Balaban J connectivity index is 2.47. The molecule has 1 aromatic heterocycles. The van der Waals surface area contributed by atoms with Crippen LogP contribution in [0.3, 0.4) is 0 Å². The van der Waals surface area contributed by atoms with Gasteiger partial charge in [-0.3, -0.25) is 0 Å². The fraction of sp³-hybridized carbons (Fsp3) is 0.500. The third-order valence-corrected chi connectivity index (χ3v) is 3.29. The highest BCUT2D eigenvalue weighted by molar-refractivity contribution is 5.70. The first-order chi connectivity index (χ1) is 11.2. The minimum Gasteiger partial charge on any atom is -0.444 e. The lowest BCUT2D eigenvalue weighted by atomic mass is 10.2. The molecule has 0 aliphatic carbocycles. The quantitative estimate of drug-likeness (QED) is 0.457. The number of carbonyl (C=O) groups is 1. The summed E-state index contributed by atoms with van der Waals surface area (Å²) in [6.07, 6.45) is 8.28. The average molecular weight is 333 g/mol. The predicted molar refractivity (Wildman–Crippen MR) is 96.9 cm³/mol. The number of hydrogen-bond donors (Lipinski definition) is 2. The van der Waals surface area contributed by atoms with Crippen LogP contribution in [0.2, 0.25) is 0 Å². The van der Waals surface area contributed by atoms with E-state index in [-0.39, 0.29) is 6.23 Å². The molecule has 6 heteroatoms. The molecule has 0 saturated heterocycles.